The minimum absolute atomic E-state index is 0.0924. The number of piperidine rings is 1. The second-order valence-corrected chi connectivity index (χ2v) is 6.46. The monoisotopic (exact) mass is 325 g/mol. The molecule has 23 heavy (non-hydrogen) atoms. The van der Waals surface area contributed by atoms with Crippen LogP contribution in [-0.4, -0.2) is 70.7 Å². The van der Waals surface area contributed by atoms with E-state index in [2.05, 4.69) is 10.2 Å². The number of nitrogens with zero attached hydrogens (tertiary/aromatic N) is 2. The fourth-order valence-electron chi connectivity index (χ4n) is 3.39. The van der Waals surface area contributed by atoms with Crippen molar-refractivity contribution in [2.75, 3.05) is 33.4 Å². The highest BCUT2D eigenvalue weighted by Gasteiger charge is 2.43. The Hall–Kier alpha value is -1.44. The zero-order valence-electron chi connectivity index (χ0n) is 14.1. The van der Waals surface area contributed by atoms with Gasteiger partial charge in [0.1, 0.15) is 0 Å². The molecule has 0 unspecified atom stereocenters. The maximum absolute atomic E-state index is 12.8. The number of likely N-dealkylation sites (tertiary alicyclic amines) is 1. The lowest BCUT2D eigenvalue weighted by atomic mass is 9.74. The Morgan fingerprint density at radius 3 is 2.83 bits per heavy atom. The predicted octanol–water partition coefficient (Wildman–Crippen LogP) is 0.639. The number of aryl methyl sites for hydroxylation is 2. The van der Waals surface area contributed by atoms with Crippen molar-refractivity contribution in [1.29, 1.82) is 0 Å². The lowest BCUT2D eigenvalue weighted by Crippen LogP contribution is -2.55. The van der Waals surface area contributed by atoms with E-state index < -0.39 is 11.5 Å². The van der Waals surface area contributed by atoms with Crippen molar-refractivity contribution in [2.24, 2.45) is 5.41 Å². The van der Waals surface area contributed by atoms with Gasteiger partial charge in [-0.05, 0) is 33.1 Å². The first kappa shape index (κ1) is 17.9. The molecule has 0 radical (unpaired) electrons. The second kappa shape index (κ2) is 7.42. The molecule has 0 spiro atoms. The van der Waals surface area contributed by atoms with Crippen LogP contribution in [0.25, 0.3) is 0 Å². The van der Waals surface area contributed by atoms with E-state index in [-0.39, 0.29) is 12.5 Å². The summed E-state index contributed by atoms with van der Waals surface area (Å²) < 4.78 is 5.07. The summed E-state index contributed by atoms with van der Waals surface area (Å²) in [4.78, 5) is 14.5. The number of aliphatic hydroxyl groups excluding tert-OH is 2. The van der Waals surface area contributed by atoms with Crippen molar-refractivity contribution in [3.8, 4) is 0 Å². The maximum atomic E-state index is 12.8. The number of aromatic amines is 1. The molecule has 1 aliphatic rings. The van der Waals surface area contributed by atoms with Gasteiger partial charge in [0, 0.05) is 37.9 Å². The SMILES string of the molecule is COCCC[C@@]1(CO)CN(C(=O)c2c(C)n[nH]c2C)CC[C@H]1O. The smallest absolute Gasteiger partial charge is 0.257 e. The van der Waals surface area contributed by atoms with E-state index in [0.29, 0.717) is 43.8 Å². The third-order valence-electron chi connectivity index (χ3n) is 4.85. The molecule has 0 aromatic carbocycles. The summed E-state index contributed by atoms with van der Waals surface area (Å²) in [5.41, 5.74) is 1.32. The van der Waals surface area contributed by atoms with Crippen LogP contribution in [0.3, 0.4) is 0 Å². The van der Waals surface area contributed by atoms with E-state index in [4.69, 9.17) is 4.74 Å². The van der Waals surface area contributed by atoms with Gasteiger partial charge >= 0.3 is 0 Å². The van der Waals surface area contributed by atoms with Gasteiger partial charge in [-0.15, -0.1) is 0 Å². The highest BCUT2D eigenvalue weighted by molar-refractivity contribution is 5.96. The Morgan fingerprint density at radius 1 is 1.52 bits per heavy atom. The molecule has 1 aromatic rings. The van der Waals surface area contributed by atoms with Crippen LogP contribution in [0.15, 0.2) is 0 Å². The van der Waals surface area contributed by atoms with Crippen molar-refractivity contribution in [3.63, 3.8) is 0 Å². The molecule has 1 saturated heterocycles. The number of hydrogen-bond acceptors (Lipinski definition) is 5. The average molecular weight is 325 g/mol. The molecule has 0 saturated carbocycles. The molecule has 1 aromatic heterocycles. The van der Waals surface area contributed by atoms with Crippen molar-refractivity contribution in [3.05, 3.63) is 17.0 Å². The zero-order chi connectivity index (χ0) is 17.0. The summed E-state index contributed by atoms with van der Waals surface area (Å²) >= 11 is 0. The standard InChI is InChI=1S/C16H27N3O4/c1-11-14(12(2)18-17-11)15(22)19-7-5-13(21)16(9-19,10-20)6-4-8-23-3/h13,20-21H,4-10H2,1-3H3,(H,17,18)/t13-,16+/m1/s1. The number of nitrogens with one attached hydrogen (secondary N) is 1. The molecule has 130 valence electrons. The number of carbonyl (C=O) groups excluding carboxylic acids is 1. The molecule has 2 rings (SSSR count). The fourth-order valence-corrected chi connectivity index (χ4v) is 3.39. The molecule has 2 heterocycles. The number of rotatable bonds is 6. The van der Waals surface area contributed by atoms with E-state index in [0.717, 1.165) is 12.1 Å². The van der Waals surface area contributed by atoms with Crippen LogP contribution in [0.1, 0.15) is 41.0 Å². The quantitative estimate of drug-likeness (QED) is 0.667. The van der Waals surface area contributed by atoms with Gasteiger partial charge in [-0.3, -0.25) is 9.89 Å². The minimum atomic E-state index is -0.683. The molecule has 1 fully saturated rings. The van der Waals surface area contributed by atoms with Crippen LogP contribution < -0.4 is 0 Å². The van der Waals surface area contributed by atoms with Gasteiger partial charge in [-0.2, -0.15) is 5.10 Å². The number of aromatic nitrogens is 2. The molecule has 1 aliphatic heterocycles. The first-order valence-corrected chi connectivity index (χ1v) is 8.04. The van der Waals surface area contributed by atoms with Gasteiger partial charge in [0.15, 0.2) is 0 Å². The van der Waals surface area contributed by atoms with Crippen LogP contribution in [0.2, 0.25) is 0 Å². The number of carbonyl (C=O) groups is 1. The van der Waals surface area contributed by atoms with Crippen molar-refractivity contribution in [2.45, 2.75) is 39.2 Å². The Kier molecular flexibility index (Phi) is 5.78. The Labute approximate surface area is 136 Å². The average Bonchev–Trinajstić information content (AvgIpc) is 2.87. The largest absolute Gasteiger partial charge is 0.396 e. The van der Waals surface area contributed by atoms with Gasteiger partial charge < -0.3 is 19.8 Å². The molecule has 7 heteroatoms. The molecular weight excluding hydrogens is 298 g/mol. The van der Waals surface area contributed by atoms with Crippen LogP contribution in [0.4, 0.5) is 0 Å². The highest BCUT2D eigenvalue weighted by atomic mass is 16.5. The van der Waals surface area contributed by atoms with E-state index in [1.54, 1.807) is 18.9 Å². The topological polar surface area (TPSA) is 98.7 Å². The summed E-state index contributed by atoms with van der Waals surface area (Å²) in [5, 5.41) is 27.2. The van der Waals surface area contributed by atoms with E-state index in [9.17, 15) is 15.0 Å². The van der Waals surface area contributed by atoms with Crippen molar-refractivity contribution < 1.29 is 19.7 Å². The normalized spacial score (nSPS) is 24.9. The van der Waals surface area contributed by atoms with Gasteiger partial charge in [-0.25, -0.2) is 0 Å². The molecule has 0 aliphatic carbocycles. The predicted molar refractivity (Wildman–Crippen MR) is 85.2 cm³/mol. The van der Waals surface area contributed by atoms with E-state index >= 15 is 0 Å². The van der Waals surface area contributed by atoms with Gasteiger partial charge in [0.05, 0.1) is 24.0 Å². The number of hydrogen-bond donors (Lipinski definition) is 3. The first-order valence-electron chi connectivity index (χ1n) is 8.04. The summed E-state index contributed by atoms with van der Waals surface area (Å²) in [6.45, 7) is 4.87. The molecule has 3 N–H and O–H groups in total. The highest BCUT2D eigenvalue weighted by Crippen LogP contribution is 2.35. The molecular formula is C16H27N3O4. The number of aliphatic hydroxyl groups is 2. The Balaban J connectivity index is 2.17. The third-order valence-corrected chi connectivity index (χ3v) is 4.85. The van der Waals surface area contributed by atoms with Gasteiger partial charge in [-0.1, -0.05) is 0 Å². The zero-order valence-corrected chi connectivity index (χ0v) is 14.1. The molecule has 1 amide bonds. The van der Waals surface area contributed by atoms with Crippen LogP contribution in [0.5, 0.6) is 0 Å². The van der Waals surface area contributed by atoms with E-state index in [1.165, 1.54) is 0 Å². The Morgan fingerprint density at radius 2 is 2.26 bits per heavy atom. The lowest BCUT2D eigenvalue weighted by Gasteiger charge is -2.45. The fraction of sp³-hybridized carbons (Fsp3) is 0.750. The number of H-pyrrole nitrogens is 1. The maximum Gasteiger partial charge on any atom is 0.257 e. The van der Waals surface area contributed by atoms with Crippen LogP contribution in [0, 0.1) is 19.3 Å². The van der Waals surface area contributed by atoms with Crippen LogP contribution >= 0.6 is 0 Å². The van der Waals surface area contributed by atoms with Crippen molar-refractivity contribution in [1.82, 2.24) is 15.1 Å². The minimum Gasteiger partial charge on any atom is -0.396 e. The summed E-state index contributed by atoms with van der Waals surface area (Å²) in [6.07, 6.45) is 1.21. The molecule has 0 bridgehead atoms. The number of ether oxygens (including phenoxy) is 1. The second-order valence-electron chi connectivity index (χ2n) is 6.46. The molecule has 7 nitrogen and oxygen atoms in total. The summed E-state index contributed by atoms with van der Waals surface area (Å²) in [6, 6.07) is 0. The first-order chi connectivity index (χ1) is 10.9. The third kappa shape index (κ3) is 3.57. The van der Waals surface area contributed by atoms with Gasteiger partial charge in [0.25, 0.3) is 5.91 Å². The van der Waals surface area contributed by atoms with Crippen molar-refractivity contribution >= 4 is 5.91 Å². The van der Waals surface area contributed by atoms with Gasteiger partial charge in [0.2, 0.25) is 0 Å². The molecule has 2 atom stereocenters. The number of amides is 1. The lowest BCUT2D eigenvalue weighted by molar-refractivity contribution is -0.0745. The summed E-state index contributed by atoms with van der Waals surface area (Å²) in [7, 11) is 1.63. The van der Waals surface area contributed by atoms with E-state index in [1.807, 2.05) is 6.92 Å². The summed E-state index contributed by atoms with van der Waals surface area (Å²) in [5.74, 6) is -0.0924. The number of methoxy groups -OCH3 is 1. The van der Waals surface area contributed by atoms with Crippen LogP contribution in [-0.2, 0) is 4.74 Å². The Bertz CT molecular complexity index is 526.